The van der Waals surface area contributed by atoms with Crippen molar-refractivity contribution in [1.82, 2.24) is 9.78 Å². The van der Waals surface area contributed by atoms with Gasteiger partial charge in [-0.25, -0.2) is 0 Å². The molecular formula is C13H16BrN3. The van der Waals surface area contributed by atoms with E-state index in [9.17, 15) is 0 Å². The number of aryl methyl sites for hydroxylation is 2. The van der Waals surface area contributed by atoms with Crippen molar-refractivity contribution < 1.29 is 0 Å². The number of nitrogens with one attached hydrogen (secondary N) is 1. The number of rotatable bonds is 3. The molecule has 1 aromatic heterocycles. The molecule has 0 aliphatic heterocycles. The minimum atomic E-state index is 0.793. The molecule has 1 N–H and O–H groups in total. The second kappa shape index (κ2) is 4.92. The third-order valence-electron chi connectivity index (χ3n) is 2.93. The monoisotopic (exact) mass is 293 g/mol. The second-order valence-electron chi connectivity index (χ2n) is 4.22. The van der Waals surface area contributed by atoms with Crippen LogP contribution in [-0.4, -0.2) is 9.78 Å². The number of hydrogen-bond donors (Lipinski definition) is 1. The highest BCUT2D eigenvalue weighted by Gasteiger charge is 2.04. The van der Waals surface area contributed by atoms with E-state index in [2.05, 4.69) is 58.4 Å². The topological polar surface area (TPSA) is 29.9 Å². The molecule has 17 heavy (non-hydrogen) atoms. The highest BCUT2D eigenvalue weighted by Crippen LogP contribution is 2.24. The molecule has 0 radical (unpaired) electrons. The fourth-order valence-electron chi connectivity index (χ4n) is 1.67. The van der Waals surface area contributed by atoms with Crippen molar-refractivity contribution in [3.63, 3.8) is 0 Å². The maximum Gasteiger partial charge on any atom is 0.0542 e. The lowest BCUT2D eigenvalue weighted by molar-refractivity contribution is 0.738. The van der Waals surface area contributed by atoms with E-state index in [4.69, 9.17) is 0 Å². The van der Waals surface area contributed by atoms with Crippen molar-refractivity contribution in [3.8, 4) is 0 Å². The minimum absolute atomic E-state index is 0.793. The molecule has 0 unspecified atom stereocenters. The predicted molar refractivity (Wildman–Crippen MR) is 74.2 cm³/mol. The zero-order chi connectivity index (χ0) is 12.4. The summed E-state index contributed by atoms with van der Waals surface area (Å²) in [5.41, 5.74) is 4.78. The molecule has 0 aliphatic carbocycles. The first-order chi connectivity index (χ1) is 8.08. The van der Waals surface area contributed by atoms with E-state index in [0.717, 1.165) is 16.7 Å². The van der Waals surface area contributed by atoms with Gasteiger partial charge in [0.15, 0.2) is 0 Å². The maximum absolute atomic E-state index is 4.23. The Labute approximate surface area is 110 Å². The van der Waals surface area contributed by atoms with E-state index in [1.165, 1.54) is 16.8 Å². The summed E-state index contributed by atoms with van der Waals surface area (Å²) in [6, 6.07) is 6.30. The smallest absolute Gasteiger partial charge is 0.0542 e. The van der Waals surface area contributed by atoms with Gasteiger partial charge in [0.2, 0.25) is 0 Å². The van der Waals surface area contributed by atoms with Crippen molar-refractivity contribution in [2.45, 2.75) is 20.4 Å². The summed E-state index contributed by atoms with van der Waals surface area (Å²) in [6.07, 6.45) is 1.91. The van der Waals surface area contributed by atoms with Crippen LogP contribution in [0.25, 0.3) is 0 Å². The third-order valence-corrected chi connectivity index (χ3v) is 3.59. The van der Waals surface area contributed by atoms with E-state index in [0.29, 0.717) is 0 Å². The Bertz CT molecular complexity index is 531. The summed E-state index contributed by atoms with van der Waals surface area (Å²) < 4.78 is 2.99. The van der Waals surface area contributed by atoms with Gasteiger partial charge in [0, 0.05) is 35.0 Å². The number of aromatic nitrogens is 2. The molecule has 0 saturated carbocycles. The van der Waals surface area contributed by atoms with E-state index < -0.39 is 0 Å². The first kappa shape index (κ1) is 12.2. The van der Waals surface area contributed by atoms with Gasteiger partial charge in [0.05, 0.1) is 6.20 Å². The molecule has 1 aromatic carbocycles. The zero-order valence-corrected chi connectivity index (χ0v) is 11.9. The van der Waals surface area contributed by atoms with Crippen LogP contribution in [0.2, 0.25) is 0 Å². The number of benzene rings is 1. The standard InChI is InChI=1S/C13H16BrN3/c1-9-4-5-13(12(14)6-9)15-7-11-8-16-17(3)10(11)2/h4-6,8,15H,7H2,1-3H3. The summed E-state index contributed by atoms with van der Waals surface area (Å²) in [5, 5.41) is 7.64. The van der Waals surface area contributed by atoms with Crippen LogP contribution in [0.1, 0.15) is 16.8 Å². The van der Waals surface area contributed by atoms with Crippen LogP contribution in [0, 0.1) is 13.8 Å². The summed E-state index contributed by atoms with van der Waals surface area (Å²) in [7, 11) is 1.96. The van der Waals surface area contributed by atoms with Crippen LogP contribution < -0.4 is 5.32 Å². The van der Waals surface area contributed by atoms with Crippen molar-refractivity contribution in [1.29, 1.82) is 0 Å². The van der Waals surface area contributed by atoms with Crippen LogP contribution in [0.15, 0.2) is 28.9 Å². The van der Waals surface area contributed by atoms with Gasteiger partial charge in [0.25, 0.3) is 0 Å². The summed E-state index contributed by atoms with van der Waals surface area (Å²) in [4.78, 5) is 0. The third kappa shape index (κ3) is 2.69. The molecule has 4 heteroatoms. The number of hydrogen-bond acceptors (Lipinski definition) is 2. The summed E-state index contributed by atoms with van der Waals surface area (Å²) in [5.74, 6) is 0. The molecule has 0 bridgehead atoms. The van der Waals surface area contributed by atoms with Gasteiger partial charge < -0.3 is 5.32 Å². The number of anilines is 1. The molecule has 2 aromatic rings. The lowest BCUT2D eigenvalue weighted by Crippen LogP contribution is -2.02. The highest BCUT2D eigenvalue weighted by molar-refractivity contribution is 9.10. The fourth-order valence-corrected chi connectivity index (χ4v) is 2.31. The van der Waals surface area contributed by atoms with Gasteiger partial charge in [-0.1, -0.05) is 6.07 Å². The van der Waals surface area contributed by atoms with Crippen LogP contribution in [-0.2, 0) is 13.6 Å². The lowest BCUT2D eigenvalue weighted by Gasteiger charge is -2.09. The van der Waals surface area contributed by atoms with Gasteiger partial charge in [-0.15, -0.1) is 0 Å². The first-order valence-electron chi connectivity index (χ1n) is 5.55. The number of nitrogens with zero attached hydrogens (tertiary/aromatic N) is 2. The van der Waals surface area contributed by atoms with Crippen molar-refractivity contribution in [2.24, 2.45) is 7.05 Å². The van der Waals surface area contributed by atoms with Crippen LogP contribution in [0.5, 0.6) is 0 Å². The Morgan fingerprint density at radius 2 is 2.12 bits per heavy atom. The van der Waals surface area contributed by atoms with E-state index in [1.807, 2.05) is 17.9 Å². The predicted octanol–water partition coefficient (Wildman–Crippen LogP) is 3.41. The van der Waals surface area contributed by atoms with Gasteiger partial charge in [-0.3, -0.25) is 4.68 Å². The molecule has 0 atom stereocenters. The van der Waals surface area contributed by atoms with E-state index in [1.54, 1.807) is 0 Å². The summed E-state index contributed by atoms with van der Waals surface area (Å²) in [6.45, 7) is 4.95. The maximum atomic E-state index is 4.23. The molecule has 1 heterocycles. The van der Waals surface area contributed by atoms with Crippen LogP contribution in [0.3, 0.4) is 0 Å². The van der Waals surface area contributed by atoms with Gasteiger partial charge in [-0.2, -0.15) is 5.10 Å². The van der Waals surface area contributed by atoms with Gasteiger partial charge >= 0.3 is 0 Å². The molecule has 0 saturated heterocycles. The SMILES string of the molecule is Cc1ccc(NCc2cnn(C)c2C)c(Br)c1. The first-order valence-corrected chi connectivity index (χ1v) is 6.34. The van der Waals surface area contributed by atoms with Crippen LogP contribution in [0.4, 0.5) is 5.69 Å². The van der Waals surface area contributed by atoms with E-state index in [-0.39, 0.29) is 0 Å². The Kier molecular flexibility index (Phi) is 3.52. The van der Waals surface area contributed by atoms with Crippen LogP contribution >= 0.6 is 15.9 Å². The quantitative estimate of drug-likeness (QED) is 0.940. The summed E-state index contributed by atoms with van der Waals surface area (Å²) >= 11 is 3.56. The van der Waals surface area contributed by atoms with Gasteiger partial charge in [-0.05, 0) is 47.5 Å². The molecule has 0 amide bonds. The van der Waals surface area contributed by atoms with Crippen molar-refractivity contribution in [3.05, 3.63) is 45.7 Å². The molecule has 3 nitrogen and oxygen atoms in total. The average molecular weight is 294 g/mol. The van der Waals surface area contributed by atoms with E-state index >= 15 is 0 Å². The Morgan fingerprint density at radius 3 is 2.71 bits per heavy atom. The molecule has 2 rings (SSSR count). The molecule has 0 fully saturated rings. The zero-order valence-electron chi connectivity index (χ0n) is 10.3. The molecule has 0 spiro atoms. The lowest BCUT2D eigenvalue weighted by atomic mass is 10.2. The van der Waals surface area contributed by atoms with Gasteiger partial charge in [0.1, 0.15) is 0 Å². The highest BCUT2D eigenvalue weighted by atomic mass is 79.9. The van der Waals surface area contributed by atoms with Crippen molar-refractivity contribution in [2.75, 3.05) is 5.32 Å². The average Bonchev–Trinajstić information content (AvgIpc) is 2.59. The largest absolute Gasteiger partial charge is 0.380 e. The Morgan fingerprint density at radius 1 is 1.35 bits per heavy atom. The second-order valence-corrected chi connectivity index (χ2v) is 5.07. The fraction of sp³-hybridized carbons (Fsp3) is 0.308. The molecule has 90 valence electrons. The molecule has 0 aliphatic rings. The van der Waals surface area contributed by atoms with Crippen molar-refractivity contribution >= 4 is 21.6 Å². The Hall–Kier alpha value is -1.29. The Balaban J connectivity index is 2.10. The number of halogens is 1. The normalized spacial score (nSPS) is 10.6. The minimum Gasteiger partial charge on any atom is -0.380 e. The molecular weight excluding hydrogens is 278 g/mol.